The van der Waals surface area contributed by atoms with Gasteiger partial charge in [0.1, 0.15) is 4.90 Å². The summed E-state index contributed by atoms with van der Waals surface area (Å²) in [4.78, 5) is 0.311. The Morgan fingerprint density at radius 3 is 2.50 bits per heavy atom. The predicted octanol–water partition coefficient (Wildman–Crippen LogP) is 0.757. The summed E-state index contributed by atoms with van der Waals surface area (Å²) in [5, 5.41) is 6.39. The van der Waals surface area contributed by atoms with Crippen molar-refractivity contribution in [2.75, 3.05) is 18.4 Å². The van der Waals surface area contributed by atoms with Crippen molar-refractivity contribution in [3.63, 3.8) is 0 Å². The zero-order chi connectivity index (χ0) is 13.2. The molecule has 5 nitrogen and oxygen atoms in total. The number of sulfonamides is 1. The van der Waals surface area contributed by atoms with Gasteiger partial charge in [0.2, 0.25) is 10.0 Å². The van der Waals surface area contributed by atoms with Crippen molar-refractivity contribution in [3.8, 4) is 0 Å². The SMILES string of the molecule is CC(C)NS(=O)(=O)c1ccccc1NC1CNC1. The van der Waals surface area contributed by atoms with Crippen LogP contribution in [0.3, 0.4) is 0 Å². The quantitative estimate of drug-likeness (QED) is 0.738. The molecule has 0 aliphatic carbocycles. The largest absolute Gasteiger partial charge is 0.379 e. The third-order valence-corrected chi connectivity index (χ3v) is 4.43. The van der Waals surface area contributed by atoms with Crippen LogP contribution in [0.4, 0.5) is 5.69 Å². The van der Waals surface area contributed by atoms with Gasteiger partial charge in [-0.2, -0.15) is 0 Å². The maximum atomic E-state index is 12.2. The van der Waals surface area contributed by atoms with Crippen molar-refractivity contribution in [2.24, 2.45) is 0 Å². The van der Waals surface area contributed by atoms with E-state index in [-0.39, 0.29) is 6.04 Å². The molecule has 0 amide bonds. The third-order valence-electron chi connectivity index (χ3n) is 2.71. The highest BCUT2D eigenvalue weighted by Gasteiger charge is 2.22. The van der Waals surface area contributed by atoms with Crippen LogP contribution in [-0.2, 0) is 10.0 Å². The zero-order valence-corrected chi connectivity index (χ0v) is 11.4. The van der Waals surface area contributed by atoms with Gasteiger partial charge >= 0.3 is 0 Å². The van der Waals surface area contributed by atoms with Crippen LogP contribution in [0.15, 0.2) is 29.2 Å². The van der Waals surface area contributed by atoms with Crippen LogP contribution >= 0.6 is 0 Å². The van der Waals surface area contributed by atoms with Gasteiger partial charge in [0.25, 0.3) is 0 Å². The minimum Gasteiger partial charge on any atom is -0.379 e. The van der Waals surface area contributed by atoms with E-state index in [0.29, 0.717) is 16.6 Å². The van der Waals surface area contributed by atoms with Crippen LogP contribution in [0.2, 0.25) is 0 Å². The summed E-state index contributed by atoms with van der Waals surface area (Å²) in [6.45, 7) is 5.35. The van der Waals surface area contributed by atoms with Crippen LogP contribution in [0.25, 0.3) is 0 Å². The van der Waals surface area contributed by atoms with Gasteiger partial charge < -0.3 is 10.6 Å². The van der Waals surface area contributed by atoms with Crippen molar-refractivity contribution >= 4 is 15.7 Å². The van der Waals surface area contributed by atoms with Crippen LogP contribution in [0.5, 0.6) is 0 Å². The van der Waals surface area contributed by atoms with E-state index < -0.39 is 10.0 Å². The summed E-state index contributed by atoms with van der Waals surface area (Å²) in [6, 6.07) is 7.18. The first kappa shape index (κ1) is 13.3. The Morgan fingerprint density at radius 2 is 1.94 bits per heavy atom. The summed E-state index contributed by atoms with van der Waals surface area (Å²) in [7, 11) is -3.45. The maximum Gasteiger partial charge on any atom is 0.242 e. The van der Waals surface area contributed by atoms with Gasteiger partial charge in [-0.1, -0.05) is 12.1 Å². The van der Waals surface area contributed by atoms with Crippen molar-refractivity contribution < 1.29 is 8.42 Å². The summed E-state index contributed by atoms with van der Waals surface area (Å²) in [5.41, 5.74) is 0.664. The lowest BCUT2D eigenvalue weighted by atomic mass is 10.1. The fourth-order valence-corrected chi connectivity index (χ4v) is 3.23. The summed E-state index contributed by atoms with van der Waals surface area (Å²) in [6.07, 6.45) is 0. The van der Waals surface area contributed by atoms with Gasteiger partial charge in [-0.05, 0) is 26.0 Å². The minimum atomic E-state index is -3.45. The first-order valence-corrected chi connectivity index (χ1v) is 7.56. The standard InChI is InChI=1S/C12H19N3O2S/c1-9(2)15-18(16,17)12-6-4-3-5-11(12)14-10-7-13-8-10/h3-6,9-10,13-15H,7-8H2,1-2H3. The van der Waals surface area contributed by atoms with Gasteiger partial charge in [0.05, 0.1) is 11.7 Å². The van der Waals surface area contributed by atoms with Crippen molar-refractivity contribution in [1.82, 2.24) is 10.0 Å². The molecule has 1 fully saturated rings. The van der Waals surface area contributed by atoms with Gasteiger partial charge in [0, 0.05) is 19.1 Å². The number of rotatable bonds is 5. The normalized spacial score (nSPS) is 16.6. The van der Waals surface area contributed by atoms with E-state index in [1.807, 2.05) is 19.9 Å². The lowest BCUT2D eigenvalue weighted by molar-refractivity contribution is 0.471. The van der Waals surface area contributed by atoms with Crippen LogP contribution < -0.4 is 15.4 Å². The molecule has 1 heterocycles. The van der Waals surface area contributed by atoms with Crippen molar-refractivity contribution in [3.05, 3.63) is 24.3 Å². The van der Waals surface area contributed by atoms with Gasteiger partial charge in [0.15, 0.2) is 0 Å². The van der Waals surface area contributed by atoms with E-state index in [1.54, 1.807) is 18.2 Å². The third kappa shape index (κ3) is 3.01. The van der Waals surface area contributed by atoms with Crippen LogP contribution in [-0.4, -0.2) is 33.6 Å². The minimum absolute atomic E-state index is 0.117. The van der Waals surface area contributed by atoms with E-state index in [9.17, 15) is 8.42 Å². The second-order valence-corrected chi connectivity index (χ2v) is 6.45. The first-order chi connectivity index (χ1) is 8.49. The molecule has 6 heteroatoms. The molecule has 3 N–H and O–H groups in total. The number of para-hydroxylation sites is 1. The first-order valence-electron chi connectivity index (χ1n) is 6.07. The van der Waals surface area contributed by atoms with Crippen LogP contribution in [0, 0.1) is 0 Å². The summed E-state index contributed by atoms with van der Waals surface area (Å²) in [5.74, 6) is 0. The van der Waals surface area contributed by atoms with Crippen molar-refractivity contribution in [2.45, 2.75) is 30.8 Å². The molecule has 18 heavy (non-hydrogen) atoms. The Bertz CT molecular complexity index is 510. The fourth-order valence-electron chi connectivity index (χ4n) is 1.80. The number of nitrogens with one attached hydrogen (secondary N) is 3. The molecule has 0 saturated carbocycles. The Hall–Kier alpha value is -1.11. The molecule has 0 unspecified atom stereocenters. The second kappa shape index (κ2) is 5.26. The van der Waals surface area contributed by atoms with Gasteiger partial charge in [-0.25, -0.2) is 13.1 Å². The smallest absolute Gasteiger partial charge is 0.242 e. The molecule has 1 aliphatic rings. The Labute approximate surface area is 108 Å². The molecule has 0 bridgehead atoms. The lowest BCUT2D eigenvalue weighted by Gasteiger charge is -2.29. The molecular formula is C12H19N3O2S. The number of hydrogen-bond acceptors (Lipinski definition) is 4. The molecule has 0 radical (unpaired) electrons. The van der Waals surface area contributed by atoms with E-state index in [1.165, 1.54) is 0 Å². The predicted molar refractivity (Wildman–Crippen MR) is 72.2 cm³/mol. The molecule has 1 aromatic carbocycles. The molecule has 2 rings (SSSR count). The molecule has 1 saturated heterocycles. The van der Waals surface area contributed by atoms with Gasteiger partial charge in [-0.3, -0.25) is 0 Å². The zero-order valence-electron chi connectivity index (χ0n) is 10.6. The number of benzene rings is 1. The molecule has 100 valence electrons. The molecule has 0 aromatic heterocycles. The molecule has 0 spiro atoms. The number of hydrogen-bond donors (Lipinski definition) is 3. The van der Waals surface area contributed by atoms with E-state index in [0.717, 1.165) is 13.1 Å². The molecular weight excluding hydrogens is 250 g/mol. The maximum absolute atomic E-state index is 12.2. The average molecular weight is 269 g/mol. The van der Waals surface area contributed by atoms with Crippen molar-refractivity contribution in [1.29, 1.82) is 0 Å². The Balaban J connectivity index is 2.25. The molecule has 1 aromatic rings. The summed E-state index contributed by atoms with van der Waals surface area (Å²) < 4.78 is 27.0. The van der Waals surface area contributed by atoms with E-state index >= 15 is 0 Å². The van der Waals surface area contributed by atoms with Gasteiger partial charge in [-0.15, -0.1) is 0 Å². The molecule has 0 atom stereocenters. The second-order valence-electron chi connectivity index (χ2n) is 4.77. The lowest BCUT2D eigenvalue weighted by Crippen LogP contribution is -2.51. The monoisotopic (exact) mass is 269 g/mol. The highest BCUT2D eigenvalue weighted by Crippen LogP contribution is 2.22. The highest BCUT2D eigenvalue weighted by atomic mass is 32.2. The fraction of sp³-hybridized carbons (Fsp3) is 0.500. The number of anilines is 1. The van der Waals surface area contributed by atoms with E-state index in [2.05, 4.69) is 15.4 Å². The van der Waals surface area contributed by atoms with E-state index in [4.69, 9.17) is 0 Å². The summed E-state index contributed by atoms with van der Waals surface area (Å²) >= 11 is 0. The Morgan fingerprint density at radius 1 is 1.28 bits per heavy atom. The average Bonchev–Trinajstić information content (AvgIpc) is 2.22. The van der Waals surface area contributed by atoms with Crippen LogP contribution in [0.1, 0.15) is 13.8 Å². The Kier molecular flexibility index (Phi) is 3.89. The topological polar surface area (TPSA) is 70.2 Å². The highest BCUT2D eigenvalue weighted by molar-refractivity contribution is 7.89. The molecule has 1 aliphatic heterocycles.